The predicted octanol–water partition coefficient (Wildman–Crippen LogP) is 3.48. The number of carbonyl (C=O) groups is 1. The first-order valence-corrected chi connectivity index (χ1v) is 9.87. The summed E-state index contributed by atoms with van der Waals surface area (Å²) in [4.78, 5) is 27.9. The summed E-state index contributed by atoms with van der Waals surface area (Å²) in [6, 6.07) is 10.8. The molecule has 0 spiro atoms. The molecule has 5 N–H and O–H groups in total. The Morgan fingerprint density at radius 2 is 2.00 bits per heavy atom. The third-order valence-corrected chi connectivity index (χ3v) is 4.92. The van der Waals surface area contributed by atoms with E-state index in [4.69, 9.17) is 11.1 Å². The van der Waals surface area contributed by atoms with Crippen LogP contribution in [0.4, 0.5) is 11.5 Å². The van der Waals surface area contributed by atoms with Crippen LogP contribution < -0.4 is 11.1 Å². The van der Waals surface area contributed by atoms with Crippen molar-refractivity contribution < 1.29 is 4.79 Å². The molecule has 0 fully saturated rings. The van der Waals surface area contributed by atoms with Crippen LogP contribution >= 0.6 is 0 Å². The normalized spacial score (nSPS) is 10.8. The number of hydrogen-bond acceptors (Lipinski definition) is 7. The number of pyridine rings is 2. The van der Waals surface area contributed by atoms with E-state index in [9.17, 15) is 10.1 Å². The molecule has 1 amide bonds. The van der Waals surface area contributed by atoms with Crippen LogP contribution in [0.3, 0.4) is 0 Å². The molecule has 0 aliphatic heterocycles. The van der Waals surface area contributed by atoms with Crippen LogP contribution in [-0.4, -0.2) is 31.6 Å². The zero-order chi connectivity index (χ0) is 22.8. The molecular weight excluding hydrogens is 404 g/mol. The molecule has 0 saturated heterocycles. The standard InChI is InChI=1S/C23H20N8O/c1-12(2)23(32)29-16-6-14(9-27-11-16)15-7-17(21(26)28-10-15)19(25)22-30-18-5-3-4-13(8-24)20(18)31-22/h3-7,9-12,25H,1-2H3,(H2,26,28)(H,29,32)(H,30,31). The first-order chi connectivity index (χ1) is 15.4. The van der Waals surface area contributed by atoms with Crippen molar-refractivity contribution in [2.45, 2.75) is 13.8 Å². The maximum Gasteiger partial charge on any atom is 0.226 e. The van der Waals surface area contributed by atoms with Gasteiger partial charge in [0.05, 0.1) is 23.0 Å². The van der Waals surface area contributed by atoms with Crippen LogP contribution in [0, 0.1) is 22.7 Å². The molecule has 0 radical (unpaired) electrons. The van der Waals surface area contributed by atoms with E-state index in [1.54, 1.807) is 48.9 Å². The molecule has 0 atom stereocenters. The summed E-state index contributed by atoms with van der Waals surface area (Å²) in [5.41, 5.74) is 10.0. The molecule has 0 aliphatic carbocycles. The number of amides is 1. The highest BCUT2D eigenvalue weighted by Gasteiger charge is 2.17. The second kappa shape index (κ2) is 8.28. The number of para-hydroxylation sites is 1. The maximum absolute atomic E-state index is 12.0. The van der Waals surface area contributed by atoms with E-state index in [2.05, 4.69) is 31.3 Å². The number of nitrogens with zero attached hydrogens (tertiary/aromatic N) is 4. The summed E-state index contributed by atoms with van der Waals surface area (Å²) in [5, 5.41) is 20.8. The van der Waals surface area contributed by atoms with Crippen molar-refractivity contribution in [3.05, 3.63) is 65.9 Å². The number of fused-ring (bicyclic) bond motifs is 1. The summed E-state index contributed by atoms with van der Waals surface area (Å²) in [7, 11) is 0. The minimum absolute atomic E-state index is 0.0502. The molecule has 0 unspecified atom stereocenters. The second-order valence-corrected chi connectivity index (χ2v) is 7.54. The molecule has 4 rings (SSSR count). The summed E-state index contributed by atoms with van der Waals surface area (Å²) in [6.07, 6.45) is 4.80. The van der Waals surface area contributed by atoms with Crippen LogP contribution in [0.15, 0.2) is 48.9 Å². The number of carbonyl (C=O) groups excluding carboxylic acids is 1. The van der Waals surface area contributed by atoms with Gasteiger partial charge in [-0.25, -0.2) is 9.97 Å². The first-order valence-electron chi connectivity index (χ1n) is 9.87. The number of rotatable bonds is 5. The summed E-state index contributed by atoms with van der Waals surface area (Å²) < 4.78 is 0. The number of anilines is 2. The SMILES string of the molecule is CC(C)C(=O)Nc1cncc(-c2cnc(N)c(C(=N)c3nc4c(C#N)cccc4[nH]3)c2)c1. The van der Waals surface area contributed by atoms with Crippen molar-refractivity contribution in [1.29, 1.82) is 10.7 Å². The van der Waals surface area contributed by atoms with Gasteiger partial charge >= 0.3 is 0 Å². The van der Waals surface area contributed by atoms with Gasteiger partial charge in [0.25, 0.3) is 0 Å². The van der Waals surface area contributed by atoms with Gasteiger partial charge in [-0.1, -0.05) is 19.9 Å². The van der Waals surface area contributed by atoms with Crippen LogP contribution in [-0.2, 0) is 4.79 Å². The van der Waals surface area contributed by atoms with Crippen molar-refractivity contribution in [2.75, 3.05) is 11.1 Å². The lowest BCUT2D eigenvalue weighted by molar-refractivity contribution is -0.118. The van der Waals surface area contributed by atoms with Crippen molar-refractivity contribution in [1.82, 2.24) is 19.9 Å². The summed E-state index contributed by atoms with van der Waals surface area (Å²) >= 11 is 0. The third-order valence-electron chi connectivity index (χ3n) is 4.92. The average Bonchev–Trinajstić information content (AvgIpc) is 3.23. The molecule has 1 aromatic carbocycles. The fraction of sp³-hybridized carbons (Fsp3) is 0.130. The smallest absolute Gasteiger partial charge is 0.226 e. The van der Waals surface area contributed by atoms with Crippen LogP contribution in [0.1, 0.15) is 30.8 Å². The molecule has 0 saturated carbocycles. The van der Waals surface area contributed by atoms with Gasteiger partial charge in [0.1, 0.15) is 23.1 Å². The highest BCUT2D eigenvalue weighted by Crippen LogP contribution is 2.26. The number of imidazole rings is 1. The van der Waals surface area contributed by atoms with Crippen LogP contribution in [0.2, 0.25) is 0 Å². The Bertz CT molecular complexity index is 1400. The van der Waals surface area contributed by atoms with Gasteiger partial charge in [-0.3, -0.25) is 15.2 Å². The number of nitrogens with two attached hydrogens (primary N) is 1. The van der Waals surface area contributed by atoms with Crippen molar-refractivity contribution in [2.24, 2.45) is 5.92 Å². The van der Waals surface area contributed by atoms with E-state index >= 15 is 0 Å². The van der Waals surface area contributed by atoms with Gasteiger partial charge in [0, 0.05) is 35.0 Å². The van der Waals surface area contributed by atoms with E-state index in [0.717, 1.165) is 0 Å². The molecule has 0 aliphatic rings. The van der Waals surface area contributed by atoms with Gasteiger partial charge in [-0.2, -0.15) is 5.26 Å². The zero-order valence-electron chi connectivity index (χ0n) is 17.5. The minimum atomic E-state index is -0.158. The quantitative estimate of drug-likeness (QED) is 0.359. The van der Waals surface area contributed by atoms with Crippen molar-refractivity contribution in [3.8, 4) is 17.2 Å². The predicted molar refractivity (Wildman–Crippen MR) is 122 cm³/mol. The fourth-order valence-electron chi connectivity index (χ4n) is 3.15. The Balaban J connectivity index is 1.70. The van der Waals surface area contributed by atoms with E-state index in [-0.39, 0.29) is 29.2 Å². The van der Waals surface area contributed by atoms with Crippen LogP contribution in [0.5, 0.6) is 0 Å². The Morgan fingerprint density at radius 1 is 1.22 bits per heavy atom. The molecule has 9 nitrogen and oxygen atoms in total. The number of nitrogens with one attached hydrogen (secondary N) is 3. The van der Waals surface area contributed by atoms with E-state index < -0.39 is 0 Å². The highest BCUT2D eigenvalue weighted by molar-refractivity contribution is 6.13. The number of aromatic amines is 1. The molecule has 32 heavy (non-hydrogen) atoms. The zero-order valence-corrected chi connectivity index (χ0v) is 17.5. The number of nitrogen functional groups attached to an aromatic ring is 1. The number of aromatic nitrogens is 4. The van der Waals surface area contributed by atoms with E-state index in [0.29, 0.717) is 39.0 Å². The molecule has 0 bridgehead atoms. The van der Waals surface area contributed by atoms with Gasteiger partial charge < -0.3 is 16.0 Å². The minimum Gasteiger partial charge on any atom is -0.383 e. The molecule has 9 heteroatoms. The van der Waals surface area contributed by atoms with E-state index in [1.807, 2.05) is 13.8 Å². The number of hydrogen-bond donors (Lipinski definition) is 4. The topological polar surface area (TPSA) is 157 Å². The number of benzene rings is 1. The van der Waals surface area contributed by atoms with Crippen molar-refractivity contribution in [3.63, 3.8) is 0 Å². The number of H-pyrrole nitrogens is 1. The molecule has 3 aromatic heterocycles. The third kappa shape index (κ3) is 3.89. The Hall–Kier alpha value is -4.58. The molecular formula is C23H20N8O. The summed E-state index contributed by atoms with van der Waals surface area (Å²) in [6.45, 7) is 3.62. The molecule has 4 aromatic rings. The Labute approximate surface area is 183 Å². The second-order valence-electron chi connectivity index (χ2n) is 7.54. The Kier molecular flexibility index (Phi) is 5.35. The average molecular weight is 424 g/mol. The maximum atomic E-state index is 12.0. The first kappa shape index (κ1) is 20.7. The van der Waals surface area contributed by atoms with Gasteiger partial charge in [-0.05, 0) is 24.3 Å². The lowest BCUT2D eigenvalue weighted by Gasteiger charge is -2.10. The number of nitriles is 1. The molecule has 3 heterocycles. The molecule has 158 valence electrons. The van der Waals surface area contributed by atoms with Gasteiger partial charge in [-0.15, -0.1) is 0 Å². The monoisotopic (exact) mass is 424 g/mol. The lowest BCUT2D eigenvalue weighted by atomic mass is 10.0. The van der Waals surface area contributed by atoms with Gasteiger partial charge in [0.15, 0.2) is 5.82 Å². The fourth-order valence-corrected chi connectivity index (χ4v) is 3.15. The summed E-state index contributed by atoms with van der Waals surface area (Å²) in [5.74, 6) is 0.194. The van der Waals surface area contributed by atoms with Gasteiger partial charge in [0.2, 0.25) is 5.91 Å². The van der Waals surface area contributed by atoms with Crippen molar-refractivity contribution >= 4 is 34.2 Å². The largest absolute Gasteiger partial charge is 0.383 e. The van der Waals surface area contributed by atoms with Crippen LogP contribution in [0.25, 0.3) is 22.2 Å². The lowest BCUT2D eigenvalue weighted by Crippen LogP contribution is -2.17. The van der Waals surface area contributed by atoms with E-state index in [1.165, 1.54) is 0 Å². The highest BCUT2D eigenvalue weighted by atomic mass is 16.1. The Morgan fingerprint density at radius 3 is 2.75 bits per heavy atom.